The zero-order valence-corrected chi connectivity index (χ0v) is 12.9. The molecule has 23 heavy (non-hydrogen) atoms. The number of carboxylic acid groups (broad SMARTS) is 1. The van der Waals surface area contributed by atoms with Crippen molar-refractivity contribution in [3.63, 3.8) is 0 Å². The number of rotatable bonds is 7. The van der Waals surface area contributed by atoms with Crippen LogP contribution in [0.2, 0.25) is 0 Å². The molecule has 0 radical (unpaired) electrons. The predicted molar refractivity (Wildman–Crippen MR) is 82.6 cm³/mol. The summed E-state index contributed by atoms with van der Waals surface area (Å²) in [6.45, 7) is 0.896. The van der Waals surface area contributed by atoms with Crippen LogP contribution >= 0.6 is 0 Å². The molecule has 2 fully saturated rings. The van der Waals surface area contributed by atoms with Crippen molar-refractivity contribution in [2.45, 2.75) is 37.8 Å². The van der Waals surface area contributed by atoms with E-state index < -0.39 is 11.8 Å². The molecule has 0 spiro atoms. The number of hydrogen-bond acceptors (Lipinski definition) is 3. The third kappa shape index (κ3) is 4.28. The Balaban J connectivity index is 1.49. The van der Waals surface area contributed by atoms with Gasteiger partial charge in [0.05, 0.1) is 6.54 Å². The fraction of sp³-hybridized carbons (Fsp3) is 0.529. The molecule has 0 aromatic heterocycles. The zero-order chi connectivity index (χ0) is 16.4. The van der Waals surface area contributed by atoms with Crippen molar-refractivity contribution >= 4 is 11.9 Å². The lowest BCUT2D eigenvalue weighted by Gasteiger charge is -2.42. The molecule has 124 valence electrons. The van der Waals surface area contributed by atoms with E-state index in [4.69, 9.17) is 5.11 Å². The molecule has 0 atom stereocenters. The molecular formula is C17H21FN2O3. The second kappa shape index (κ2) is 6.66. The van der Waals surface area contributed by atoms with Crippen LogP contribution in [-0.4, -0.2) is 47.1 Å². The first-order valence-electron chi connectivity index (χ1n) is 8.03. The summed E-state index contributed by atoms with van der Waals surface area (Å²) in [5, 5.41) is 11.9. The van der Waals surface area contributed by atoms with Crippen LogP contribution in [0, 0.1) is 11.7 Å². The molecule has 6 heteroatoms. The molecular weight excluding hydrogens is 299 g/mol. The van der Waals surface area contributed by atoms with Crippen LogP contribution in [-0.2, 0) is 4.79 Å². The minimum absolute atomic E-state index is 0.0336. The highest BCUT2D eigenvalue weighted by molar-refractivity contribution is 5.94. The maximum absolute atomic E-state index is 13.1. The van der Waals surface area contributed by atoms with Crippen LogP contribution in [0.15, 0.2) is 24.3 Å². The smallest absolute Gasteiger partial charge is 0.317 e. The summed E-state index contributed by atoms with van der Waals surface area (Å²) in [6.07, 6.45) is 3.87. The highest BCUT2D eigenvalue weighted by atomic mass is 19.1. The molecule has 5 nitrogen and oxygen atoms in total. The van der Waals surface area contributed by atoms with Gasteiger partial charge in [0.15, 0.2) is 0 Å². The Bertz CT molecular complexity index is 597. The van der Waals surface area contributed by atoms with Gasteiger partial charge in [0.1, 0.15) is 5.82 Å². The third-order valence-electron chi connectivity index (χ3n) is 4.58. The summed E-state index contributed by atoms with van der Waals surface area (Å²) < 4.78 is 13.1. The largest absolute Gasteiger partial charge is 0.480 e. The van der Waals surface area contributed by atoms with E-state index in [0.29, 0.717) is 11.5 Å². The molecule has 1 aromatic carbocycles. The summed E-state index contributed by atoms with van der Waals surface area (Å²) in [5.74, 6) is -0.880. The Hall–Kier alpha value is -1.95. The van der Waals surface area contributed by atoms with Gasteiger partial charge in [-0.15, -0.1) is 0 Å². The number of benzene rings is 1. The van der Waals surface area contributed by atoms with Gasteiger partial charge in [0, 0.05) is 24.2 Å². The molecule has 0 unspecified atom stereocenters. The first-order valence-corrected chi connectivity index (χ1v) is 8.03. The molecule has 0 aliphatic heterocycles. The second-order valence-electron chi connectivity index (χ2n) is 6.57. The third-order valence-corrected chi connectivity index (χ3v) is 4.58. The summed E-state index contributed by atoms with van der Waals surface area (Å²) in [4.78, 5) is 25.1. The van der Waals surface area contributed by atoms with Crippen molar-refractivity contribution in [1.82, 2.24) is 10.2 Å². The van der Waals surface area contributed by atoms with Crippen LogP contribution in [0.5, 0.6) is 0 Å². The molecule has 0 saturated heterocycles. The number of aliphatic carboxylic acids is 1. The Labute approximate surface area is 134 Å². The van der Waals surface area contributed by atoms with E-state index in [-0.39, 0.29) is 24.5 Å². The second-order valence-corrected chi connectivity index (χ2v) is 6.57. The summed E-state index contributed by atoms with van der Waals surface area (Å²) in [5.41, 5.74) is 0.314. The number of carbonyl (C=O) groups is 2. The lowest BCUT2D eigenvalue weighted by Crippen LogP contribution is -2.55. The van der Waals surface area contributed by atoms with E-state index in [1.165, 1.54) is 31.0 Å². The van der Waals surface area contributed by atoms with E-state index in [2.05, 4.69) is 5.32 Å². The number of amides is 1. The van der Waals surface area contributed by atoms with E-state index in [1.807, 2.05) is 4.90 Å². The number of carboxylic acids is 1. The molecule has 2 N–H and O–H groups in total. The van der Waals surface area contributed by atoms with Crippen molar-refractivity contribution in [2.75, 3.05) is 13.1 Å². The molecule has 2 aliphatic carbocycles. The monoisotopic (exact) mass is 320 g/mol. The van der Waals surface area contributed by atoms with Gasteiger partial charge in [0.2, 0.25) is 0 Å². The van der Waals surface area contributed by atoms with Gasteiger partial charge in [-0.25, -0.2) is 4.39 Å². The quantitative estimate of drug-likeness (QED) is 0.805. The first-order chi connectivity index (χ1) is 11.0. The zero-order valence-electron chi connectivity index (χ0n) is 12.9. The van der Waals surface area contributed by atoms with Gasteiger partial charge in [-0.05, 0) is 49.8 Å². The van der Waals surface area contributed by atoms with E-state index in [1.54, 1.807) is 6.07 Å². The molecule has 0 heterocycles. The van der Waals surface area contributed by atoms with Crippen molar-refractivity contribution in [1.29, 1.82) is 0 Å². The van der Waals surface area contributed by atoms with E-state index >= 15 is 0 Å². The number of carbonyl (C=O) groups excluding carboxylic acids is 1. The number of hydrogen-bond donors (Lipinski definition) is 2. The minimum atomic E-state index is -0.808. The molecule has 2 saturated carbocycles. The number of nitrogens with one attached hydrogen (secondary N) is 1. The number of nitrogens with zero attached hydrogens (tertiary/aromatic N) is 1. The van der Waals surface area contributed by atoms with Gasteiger partial charge in [-0.1, -0.05) is 6.07 Å². The Morgan fingerprint density at radius 3 is 2.65 bits per heavy atom. The Morgan fingerprint density at radius 1 is 1.30 bits per heavy atom. The Kier molecular flexibility index (Phi) is 4.61. The predicted octanol–water partition coefficient (Wildman–Crippen LogP) is 1.88. The highest BCUT2D eigenvalue weighted by Crippen LogP contribution is 2.33. The van der Waals surface area contributed by atoms with Crippen LogP contribution in [0.1, 0.15) is 36.0 Å². The number of halogens is 1. The molecule has 0 bridgehead atoms. The lowest BCUT2D eigenvalue weighted by molar-refractivity contribution is -0.139. The fourth-order valence-electron chi connectivity index (χ4n) is 3.05. The van der Waals surface area contributed by atoms with Crippen molar-refractivity contribution < 1.29 is 19.1 Å². The SMILES string of the molecule is O=C(O)CN(CC1CC1)C1CC(NC(=O)c2cccc(F)c2)C1. The van der Waals surface area contributed by atoms with Crippen molar-refractivity contribution in [3.8, 4) is 0 Å². The molecule has 1 aromatic rings. The molecule has 3 rings (SSSR count). The van der Waals surface area contributed by atoms with Crippen molar-refractivity contribution in [2.24, 2.45) is 5.92 Å². The van der Waals surface area contributed by atoms with Gasteiger partial charge in [-0.3, -0.25) is 14.5 Å². The standard InChI is InChI=1S/C17H21FN2O3/c18-13-3-1-2-12(6-13)17(23)19-14-7-15(8-14)20(10-16(21)22)9-11-4-5-11/h1-3,6,11,14-15H,4-5,7-10H2,(H,19,23)(H,21,22). The maximum atomic E-state index is 13.1. The summed E-state index contributed by atoms with van der Waals surface area (Å²) in [6, 6.07) is 5.86. The van der Waals surface area contributed by atoms with E-state index in [9.17, 15) is 14.0 Å². The topological polar surface area (TPSA) is 69.6 Å². The van der Waals surface area contributed by atoms with Gasteiger partial charge in [0.25, 0.3) is 5.91 Å². The summed E-state index contributed by atoms with van der Waals surface area (Å²) >= 11 is 0. The van der Waals surface area contributed by atoms with E-state index in [0.717, 1.165) is 19.4 Å². The maximum Gasteiger partial charge on any atom is 0.317 e. The first kappa shape index (κ1) is 15.9. The molecule has 1 amide bonds. The van der Waals surface area contributed by atoms with Crippen LogP contribution in [0.25, 0.3) is 0 Å². The van der Waals surface area contributed by atoms with Crippen LogP contribution in [0.3, 0.4) is 0 Å². The normalized spacial score (nSPS) is 23.4. The van der Waals surface area contributed by atoms with Crippen LogP contribution in [0.4, 0.5) is 4.39 Å². The van der Waals surface area contributed by atoms with Crippen LogP contribution < -0.4 is 5.32 Å². The average Bonchev–Trinajstić information content (AvgIpc) is 3.25. The molecule has 2 aliphatic rings. The van der Waals surface area contributed by atoms with Gasteiger partial charge in [-0.2, -0.15) is 0 Å². The average molecular weight is 320 g/mol. The summed E-state index contributed by atoms with van der Waals surface area (Å²) in [7, 11) is 0. The fourth-order valence-corrected chi connectivity index (χ4v) is 3.05. The highest BCUT2D eigenvalue weighted by Gasteiger charge is 2.37. The minimum Gasteiger partial charge on any atom is -0.480 e. The van der Waals surface area contributed by atoms with Gasteiger partial charge < -0.3 is 10.4 Å². The Morgan fingerprint density at radius 2 is 2.04 bits per heavy atom. The van der Waals surface area contributed by atoms with Gasteiger partial charge >= 0.3 is 5.97 Å². The van der Waals surface area contributed by atoms with Crippen molar-refractivity contribution in [3.05, 3.63) is 35.6 Å². The lowest BCUT2D eigenvalue weighted by atomic mass is 9.85.